The van der Waals surface area contributed by atoms with Crippen LogP contribution in [0.1, 0.15) is 30.7 Å². The summed E-state index contributed by atoms with van der Waals surface area (Å²) in [7, 11) is 1.32. The molecular formula is C15H15FO3. The monoisotopic (exact) mass is 262 g/mol. The number of carbonyl (C=O) groups is 2. The summed E-state index contributed by atoms with van der Waals surface area (Å²) in [6.45, 7) is 0. The molecule has 1 aliphatic carbocycles. The molecule has 0 amide bonds. The molecule has 2 rings (SSSR count). The normalized spacial score (nSPS) is 18.9. The van der Waals surface area contributed by atoms with Crippen molar-refractivity contribution >= 4 is 11.8 Å². The number of ketones is 1. The molecule has 0 aliphatic heterocycles. The van der Waals surface area contributed by atoms with Crippen molar-refractivity contribution in [1.82, 2.24) is 0 Å². The molecule has 0 N–H and O–H groups in total. The Morgan fingerprint density at radius 2 is 2.00 bits per heavy atom. The number of rotatable bonds is 3. The van der Waals surface area contributed by atoms with Crippen LogP contribution in [0.2, 0.25) is 0 Å². The minimum Gasteiger partial charge on any atom is -0.469 e. The lowest BCUT2D eigenvalue weighted by Crippen LogP contribution is -2.15. The Hall–Kier alpha value is -1.97. The van der Waals surface area contributed by atoms with E-state index in [4.69, 9.17) is 0 Å². The highest BCUT2D eigenvalue weighted by Crippen LogP contribution is 2.32. The summed E-state index contributed by atoms with van der Waals surface area (Å²) in [5.41, 5.74) is 1.70. The molecule has 1 aliphatic rings. The van der Waals surface area contributed by atoms with Crippen LogP contribution in [-0.4, -0.2) is 18.9 Å². The molecule has 0 heterocycles. The number of halogens is 1. The van der Waals surface area contributed by atoms with Crippen molar-refractivity contribution in [3.05, 3.63) is 47.3 Å². The lowest BCUT2D eigenvalue weighted by atomic mass is 9.82. The molecule has 4 heteroatoms. The number of methoxy groups -OCH3 is 1. The van der Waals surface area contributed by atoms with Crippen LogP contribution in [0.5, 0.6) is 0 Å². The second-order valence-electron chi connectivity index (χ2n) is 4.68. The van der Waals surface area contributed by atoms with Crippen molar-refractivity contribution in [3.8, 4) is 0 Å². The van der Waals surface area contributed by atoms with Gasteiger partial charge < -0.3 is 4.74 Å². The zero-order valence-corrected chi connectivity index (χ0v) is 10.7. The SMILES string of the molecule is COC(=O)CC1=CC(=O)C[C@@H](c2ccc(F)cc2)C1. The van der Waals surface area contributed by atoms with Gasteiger partial charge in [-0.2, -0.15) is 0 Å². The van der Waals surface area contributed by atoms with Crippen molar-refractivity contribution in [2.24, 2.45) is 0 Å². The Bertz CT molecular complexity index is 517. The average molecular weight is 262 g/mol. The van der Waals surface area contributed by atoms with Crippen LogP contribution in [0.25, 0.3) is 0 Å². The lowest BCUT2D eigenvalue weighted by molar-refractivity contribution is -0.139. The van der Waals surface area contributed by atoms with E-state index >= 15 is 0 Å². The van der Waals surface area contributed by atoms with E-state index in [-0.39, 0.29) is 29.9 Å². The van der Waals surface area contributed by atoms with Gasteiger partial charge in [0.05, 0.1) is 13.5 Å². The molecule has 0 fully saturated rings. The molecule has 3 nitrogen and oxygen atoms in total. The first-order valence-electron chi connectivity index (χ1n) is 6.13. The maximum absolute atomic E-state index is 12.9. The zero-order valence-electron chi connectivity index (χ0n) is 10.7. The average Bonchev–Trinajstić information content (AvgIpc) is 2.38. The third-order valence-electron chi connectivity index (χ3n) is 3.26. The van der Waals surface area contributed by atoms with Crippen molar-refractivity contribution < 1.29 is 18.7 Å². The van der Waals surface area contributed by atoms with Crippen molar-refractivity contribution in [3.63, 3.8) is 0 Å². The van der Waals surface area contributed by atoms with Gasteiger partial charge in [-0.05, 0) is 36.1 Å². The van der Waals surface area contributed by atoms with Crippen LogP contribution in [0.3, 0.4) is 0 Å². The number of esters is 1. The van der Waals surface area contributed by atoms with E-state index < -0.39 is 0 Å². The lowest BCUT2D eigenvalue weighted by Gasteiger charge is -2.22. The van der Waals surface area contributed by atoms with E-state index in [1.165, 1.54) is 25.3 Å². The van der Waals surface area contributed by atoms with E-state index in [2.05, 4.69) is 4.74 Å². The smallest absolute Gasteiger partial charge is 0.309 e. The van der Waals surface area contributed by atoms with Gasteiger partial charge in [-0.15, -0.1) is 0 Å². The highest BCUT2D eigenvalue weighted by molar-refractivity contribution is 5.93. The summed E-state index contributed by atoms with van der Waals surface area (Å²) in [6, 6.07) is 6.15. The Morgan fingerprint density at radius 3 is 2.63 bits per heavy atom. The predicted octanol–water partition coefficient (Wildman–Crippen LogP) is 2.76. The van der Waals surface area contributed by atoms with Gasteiger partial charge in [0, 0.05) is 6.42 Å². The van der Waals surface area contributed by atoms with Gasteiger partial charge in [0.25, 0.3) is 0 Å². The Morgan fingerprint density at radius 1 is 1.32 bits per heavy atom. The van der Waals surface area contributed by atoms with Crippen LogP contribution in [0, 0.1) is 5.82 Å². The van der Waals surface area contributed by atoms with Crippen molar-refractivity contribution in [1.29, 1.82) is 0 Å². The fourth-order valence-corrected chi connectivity index (χ4v) is 2.33. The van der Waals surface area contributed by atoms with E-state index in [1.54, 1.807) is 12.1 Å². The van der Waals surface area contributed by atoms with Crippen molar-refractivity contribution in [2.75, 3.05) is 7.11 Å². The molecular weight excluding hydrogens is 247 g/mol. The molecule has 19 heavy (non-hydrogen) atoms. The first-order valence-corrected chi connectivity index (χ1v) is 6.13. The topological polar surface area (TPSA) is 43.4 Å². The molecule has 1 atom stereocenters. The number of benzene rings is 1. The first kappa shape index (κ1) is 13.5. The van der Waals surface area contributed by atoms with Gasteiger partial charge in [0.15, 0.2) is 5.78 Å². The molecule has 100 valence electrons. The maximum Gasteiger partial charge on any atom is 0.309 e. The molecule has 0 unspecified atom stereocenters. The van der Waals surface area contributed by atoms with E-state index in [0.29, 0.717) is 12.8 Å². The number of ether oxygens (including phenoxy) is 1. The zero-order chi connectivity index (χ0) is 13.8. The van der Waals surface area contributed by atoms with Crippen LogP contribution in [0.4, 0.5) is 4.39 Å². The molecule has 0 spiro atoms. The number of allylic oxidation sites excluding steroid dienone is 1. The Kier molecular flexibility index (Phi) is 4.10. The fraction of sp³-hybridized carbons (Fsp3) is 0.333. The second-order valence-corrected chi connectivity index (χ2v) is 4.68. The highest BCUT2D eigenvalue weighted by atomic mass is 19.1. The highest BCUT2D eigenvalue weighted by Gasteiger charge is 2.23. The van der Waals surface area contributed by atoms with Gasteiger partial charge in [-0.1, -0.05) is 17.7 Å². The number of hydrogen-bond acceptors (Lipinski definition) is 3. The van der Waals surface area contributed by atoms with E-state index in [1.807, 2.05) is 0 Å². The minimum atomic E-state index is -0.348. The largest absolute Gasteiger partial charge is 0.469 e. The van der Waals surface area contributed by atoms with Gasteiger partial charge >= 0.3 is 5.97 Å². The van der Waals surface area contributed by atoms with Gasteiger partial charge in [-0.25, -0.2) is 4.39 Å². The number of hydrogen-bond donors (Lipinski definition) is 0. The van der Waals surface area contributed by atoms with E-state index in [0.717, 1.165) is 11.1 Å². The van der Waals surface area contributed by atoms with Crippen molar-refractivity contribution in [2.45, 2.75) is 25.2 Å². The minimum absolute atomic E-state index is 0.000483. The van der Waals surface area contributed by atoms with Gasteiger partial charge in [-0.3, -0.25) is 9.59 Å². The molecule has 0 bridgehead atoms. The summed E-state index contributed by atoms with van der Waals surface area (Å²) >= 11 is 0. The summed E-state index contributed by atoms with van der Waals surface area (Å²) in [5, 5.41) is 0. The quantitative estimate of drug-likeness (QED) is 0.787. The summed E-state index contributed by atoms with van der Waals surface area (Å²) in [4.78, 5) is 22.9. The third-order valence-corrected chi connectivity index (χ3v) is 3.26. The molecule has 0 aromatic heterocycles. The Balaban J connectivity index is 2.13. The fourth-order valence-electron chi connectivity index (χ4n) is 2.33. The Labute approximate surface area is 111 Å². The van der Waals surface area contributed by atoms with Crippen LogP contribution in [0.15, 0.2) is 35.9 Å². The first-order chi connectivity index (χ1) is 9.08. The predicted molar refractivity (Wildman–Crippen MR) is 68.1 cm³/mol. The summed E-state index contributed by atoms with van der Waals surface area (Å²) < 4.78 is 17.5. The van der Waals surface area contributed by atoms with Gasteiger partial charge in [0.2, 0.25) is 0 Å². The van der Waals surface area contributed by atoms with Gasteiger partial charge in [0.1, 0.15) is 5.82 Å². The molecule has 0 saturated heterocycles. The third kappa shape index (κ3) is 3.50. The van der Waals surface area contributed by atoms with Crippen LogP contribution in [-0.2, 0) is 14.3 Å². The maximum atomic E-state index is 12.9. The van der Waals surface area contributed by atoms with Crippen LogP contribution >= 0.6 is 0 Å². The summed E-state index contributed by atoms with van der Waals surface area (Å²) in [6.07, 6.45) is 2.69. The molecule has 1 aromatic carbocycles. The number of carbonyl (C=O) groups excluding carboxylic acids is 2. The van der Waals surface area contributed by atoms with Crippen LogP contribution < -0.4 is 0 Å². The summed E-state index contributed by atoms with van der Waals surface area (Å²) in [5.74, 6) is -0.632. The standard InChI is InChI=1S/C15H15FO3/c1-19-15(18)8-10-6-12(9-14(17)7-10)11-2-4-13(16)5-3-11/h2-5,7,12H,6,8-9H2,1H3/t12-/m0/s1. The molecule has 1 aromatic rings. The second kappa shape index (κ2) is 5.78. The van der Waals surface area contributed by atoms with E-state index in [9.17, 15) is 14.0 Å². The molecule has 0 saturated carbocycles. The molecule has 0 radical (unpaired) electrons.